The molecule has 2 aliphatic heterocycles. The van der Waals surface area contributed by atoms with Crippen molar-refractivity contribution in [3.8, 4) is 0 Å². The molecule has 2 heteroatoms. The van der Waals surface area contributed by atoms with E-state index in [0.29, 0.717) is 6.10 Å². The van der Waals surface area contributed by atoms with Gasteiger partial charge >= 0.3 is 0 Å². The van der Waals surface area contributed by atoms with Crippen LogP contribution in [0.25, 0.3) is 0 Å². The molecule has 2 rings (SSSR count). The summed E-state index contributed by atoms with van der Waals surface area (Å²) in [5.41, 5.74) is 0. The van der Waals surface area contributed by atoms with E-state index in [0.717, 1.165) is 25.4 Å². The molecule has 0 aliphatic carbocycles. The predicted octanol–water partition coefficient (Wildman–Crippen LogP) is 3.50. The number of hydrogen-bond donors (Lipinski definition) is 0. The van der Waals surface area contributed by atoms with E-state index in [1.54, 1.807) is 0 Å². The monoisotopic (exact) mass is 212 g/mol. The molecule has 2 fully saturated rings. The lowest BCUT2D eigenvalue weighted by Gasteiger charge is -2.40. The third-order valence-corrected chi connectivity index (χ3v) is 4.05. The Morgan fingerprint density at radius 3 is 2.53 bits per heavy atom. The minimum absolute atomic E-state index is 0.175. The fourth-order valence-electron chi connectivity index (χ4n) is 3.07. The number of hydrogen-bond acceptors (Lipinski definition) is 2. The van der Waals surface area contributed by atoms with Gasteiger partial charge in [0.05, 0.1) is 12.7 Å². The molecule has 1 spiro atoms. The third-order valence-electron chi connectivity index (χ3n) is 4.05. The summed E-state index contributed by atoms with van der Waals surface area (Å²) in [6.07, 6.45) is 8.84. The maximum Gasteiger partial charge on any atom is 0.168 e. The molecule has 2 heterocycles. The van der Waals surface area contributed by atoms with Crippen LogP contribution in [0.5, 0.6) is 0 Å². The fourth-order valence-corrected chi connectivity index (χ4v) is 3.07. The zero-order chi connectivity index (χ0) is 10.7. The lowest BCUT2D eigenvalue weighted by atomic mass is 9.88. The highest BCUT2D eigenvalue weighted by Crippen LogP contribution is 2.40. The van der Waals surface area contributed by atoms with Gasteiger partial charge in [-0.3, -0.25) is 0 Å². The minimum Gasteiger partial charge on any atom is -0.350 e. The van der Waals surface area contributed by atoms with Crippen molar-refractivity contribution < 1.29 is 9.47 Å². The van der Waals surface area contributed by atoms with Gasteiger partial charge in [0.25, 0.3) is 0 Å². The first-order valence-electron chi connectivity index (χ1n) is 6.61. The van der Waals surface area contributed by atoms with Crippen LogP contribution in [0.1, 0.15) is 58.8 Å². The minimum atomic E-state index is -0.175. The average molecular weight is 212 g/mol. The normalized spacial score (nSPS) is 36.6. The highest BCUT2D eigenvalue weighted by atomic mass is 16.7. The van der Waals surface area contributed by atoms with Crippen molar-refractivity contribution in [1.82, 2.24) is 0 Å². The second kappa shape index (κ2) is 4.84. The Kier molecular flexibility index (Phi) is 3.68. The van der Waals surface area contributed by atoms with E-state index in [1.807, 2.05) is 0 Å². The van der Waals surface area contributed by atoms with Gasteiger partial charge in [-0.25, -0.2) is 0 Å². The van der Waals surface area contributed by atoms with E-state index in [4.69, 9.17) is 9.47 Å². The highest BCUT2D eigenvalue weighted by Gasteiger charge is 2.42. The van der Waals surface area contributed by atoms with Crippen molar-refractivity contribution in [2.24, 2.45) is 5.92 Å². The van der Waals surface area contributed by atoms with E-state index in [-0.39, 0.29) is 5.79 Å². The lowest BCUT2D eigenvalue weighted by Crippen LogP contribution is -2.42. The van der Waals surface area contributed by atoms with Crippen LogP contribution in [-0.4, -0.2) is 18.5 Å². The Bertz CT molecular complexity index is 193. The summed E-state index contributed by atoms with van der Waals surface area (Å²) in [7, 11) is 0. The van der Waals surface area contributed by atoms with Gasteiger partial charge in [0, 0.05) is 12.8 Å². The van der Waals surface area contributed by atoms with Crippen molar-refractivity contribution in [2.45, 2.75) is 70.7 Å². The third kappa shape index (κ3) is 2.36. The van der Waals surface area contributed by atoms with Crippen molar-refractivity contribution in [2.75, 3.05) is 6.61 Å². The summed E-state index contributed by atoms with van der Waals surface area (Å²) in [6.45, 7) is 5.44. The first kappa shape index (κ1) is 11.4. The quantitative estimate of drug-likeness (QED) is 0.713. The second-order valence-electron chi connectivity index (χ2n) is 4.99. The first-order chi connectivity index (χ1) is 7.29. The molecule has 0 saturated carbocycles. The molecular formula is C13H24O2. The Hall–Kier alpha value is -0.0800. The lowest BCUT2D eigenvalue weighted by molar-refractivity contribution is -0.267. The van der Waals surface area contributed by atoms with Crippen molar-refractivity contribution in [3.05, 3.63) is 0 Å². The summed E-state index contributed by atoms with van der Waals surface area (Å²) in [5, 5.41) is 0. The molecule has 2 aliphatic rings. The largest absolute Gasteiger partial charge is 0.350 e. The topological polar surface area (TPSA) is 18.5 Å². The van der Waals surface area contributed by atoms with Gasteiger partial charge in [-0.05, 0) is 25.2 Å². The zero-order valence-corrected chi connectivity index (χ0v) is 10.1. The van der Waals surface area contributed by atoms with Gasteiger partial charge in [0.15, 0.2) is 5.79 Å². The maximum absolute atomic E-state index is 6.26. The van der Waals surface area contributed by atoms with Gasteiger partial charge in [-0.1, -0.05) is 26.7 Å². The van der Waals surface area contributed by atoms with Crippen LogP contribution in [0.15, 0.2) is 0 Å². The molecule has 0 bridgehead atoms. The summed E-state index contributed by atoms with van der Waals surface area (Å²) in [5.74, 6) is 0.553. The van der Waals surface area contributed by atoms with Crippen molar-refractivity contribution >= 4 is 0 Å². The molecule has 15 heavy (non-hydrogen) atoms. The molecule has 0 unspecified atom stereocenters. The van der Waals surface area contributed by atoms with Crippen LogP contribution in [0.2, 0.25) is 0 Å². The van der Waals surface area contributed by atoms with Crippen molar-refractivity contribution in [1.29, 1.82) is 0 Å². The molecule has 0 radical (unpaired) electrons. The molecule has 0 aromatic carbocycles. The standard InChI is InChI=1S/C13H24O2/c1-3-11(4-2)12-7-5-8-13(15-12)9-6-10-14-13/h11-12H,3-10H2,1-2H3/t12-,13+/m1/s1. The SMILES string of the molecule is CCC(CC)[C@H]1CCC[C@@]2(CCCO2)O1. The van der Waals surface area contributed by atoms with Crippen LogP contribution < -0.4 is 0 Å². The smallest absolute Gasteiger partial charge is 0.168 e. The molecular weight excluding hydrogens is 188 g/mol. The Balaban J connectivity index is 1.96. The summed E-state index contributed by atoms with van der Waals surface area (Å²) in [4.78, 5) is 0. The van der Waals surface area contributed by atoms with Crippen LogP contribution in [0.3, 0.4) is 0 Å². The molecule has 2 nitrogen and oxygen atoms in total. The maximum atomic E-state index is 6.26. The molecule has 2 saturated heterocycles. The predicted molar refractivity (Wildman–Crippen MR) is 60.7 cm³/mol. The van der Waals surface area contributed by atoms with Gasteiger partial charge in [0.1, 0.15) is 0 Å². The second-order valence-corrected chi connectivity index (χ2v) is 4.99. The van der Waals surface area contributed by atoms with Crippen LogP contribution >= 0.6 is 0 Å². The molecule has 2 atom stereocenters. The van der Waals surface area contributed by atoms with Gasteiger partial charge < -0.3 is 9.47 Å². The molecule has 0 aromatic heterocycles. The van der Waals surface area contributed by atoms with Crippen molar-refractivity contribution in [3.63, 3.8) is 0 Å². The Labute approximate surface area is 93.3 Å². The van der Waals surface area contributed by atoms with Gasteiger partial charge in [0.2, 0.25) is 0 Å². The molecule has 0 N–H and O–H groups in total. The summed E-state index contributed by atoms with van der Waals surface area (Å²) >= 11 is 0. The molecule has 88 valence electrons. The van der Waals surface area contributed by atoms with Crippen LogP contribution in [0, 0.1) is 5.92 Å². The van der Waals surface area contributed by atoms with Gasteiger partial charge in [-0.2, -0.15) is 0 Å². The van der Waals surface area contributed by atoms with E-state index in [1.165, 1.54) is 32.1 Å². The van der Waals surface area contributed by atoms with Gasteiger partial charge in [-0.15, -0.1) is 0 Å². The first-order valence-corrected chi connectivity index (χ1v) is 6.61. The van der Waals surface area contributed by atoms with E-state index < -0.39 is 0 Å². The van der Waals surface area contributed by atoms with E-state index in [9.17, 15) is 0 Å². The number of ether oxygens (including phenoxy) is 2. The van der Waals surface area contributed by atoms with Crippen LogP contribution in [-0.2, 0) is 9.47 Å². The van der Waals surface area contributed by atoms with E-state index >= 15 is 0 Å². The Morgan fingerprint density at radius 2 is 1.93 bits per heavy atom. The zero-order valence-electron chi connectivity index (χ0n) is 10.1. The van der Waals surface area contributed by atoms with Crippen LogP contribution in [0.4, 0.5) is 0 Å². The molecule has 0 amide bonds. The number of rotatable bonds is 3. The average Bonchev–Trinajstić information content (AvgIpc) is 2.68. The Morgan fingerprint density at radius 1 is 1.20 bits per heavy atom. The molecule has 0 aromatic rings. The van der Waals surface area contributed by atoms with E-state index in [2.05, 4.69) is 13.8 Å². The summed E-state index contributed by atoms with van der Waals surface area (Å²) in [6, 6.07) is 0. The highest BCUT2D eigenvalue weighted by molar-refractivity contribution is 4.84. The summed E-state index contributed by atoms with van der Waals surface area (Å²) < 4.78 is 12.1. The fraction of sp³-hybridized carbons (Fsp3) is 1.00.